The van der Waals surface area contributed by atoms with Crippen molar-refractivity contribution >= 4 is 11.6 Å². The van der Waals surface area contributed by atoms with Gasteiger partial charge in [0.1, 0.15) is 6.10 Å². The predicted octanol–water partition coefficient (Wildman–Crippen LogP) is 4.75. The number of aliphatic hydroxyl groups excluding tert-OH is 1. The fourth-order valence-corrected chi connectivity index (χ4v) is 4.07. The molecule has 6 nitrogen and oxygen atoms in total. The maximum absolute atomic E-state index is 14.4. The SMILES string of the molecule is COc1c([C@H]2[C@H](C(=O)Nc3ccnc([C@H](O)C(F)F)c3)O[C@@](C)(C(F)(F)F)[C@H]2C)ccc(F)c1F. The van der Waals surface area contributed by atoms with E-state index in [4.69, 9.17) is 9.47 Å². The summed E-state index contributed by atoms with van der Waals surface area (Å²) in [7, 11) is 0.993. The minimum atomic E-state index is -4.95. The zero-order chi connectivity index (χ0) is 26.3. The molecule has 0 unspecified atom stereocenters. The van der Waals surface area contributed by atoms with Crippen molar-refractivity contribution in [3.8, 4) is 5.75 Å². The van der Waals surface area contributed by atoms with Crippen LogP contribution in [-0.4, -0.2) is 47.4 Å². The number of aliphatic hydroxyl groups is 1. The second-order valence-corrected chi connectivity index (χ2v) is 8.18. The lowest BCUT2D eigenvalue weighted by Crippen LogP contribution is -2.47. The van der Waals surface area contributed by atoms with Gasteiger partial charge in [0.05, 0.1) is 12.8 Å². The van der Waals surface area contributed by atoms with E-state index in [1.54, 1.807) is 0 Å². The van der Waals surface area contributed by atoms with Crippen LogP contribution in [0.15, 0.2) is 30.5 Å². The third kappa shape index (κ3) is 4.79. The molecule has 2 heterocycles. The highest BCUT2D eigenvalue weighted by Crippen LogP contribution is 2.55. The molecule has 2 N–H and O–H groups in total. The Labute approximate surface area is 195 Å². The Balaban J connectivity index is 2.04. The standard InChI is InChI=1S/C22H21F7N2O4/c1-9-14(11-4-5-12(23)15(24)17(11)34-3)18(35-21(9,2)22(27,28)29)20(33)31-10-6-7-30-13(8-10)16(32)19(25)26/h4-9,14,16,18-19,32H,1-3H3,(H,30,31,33)/t9-,14-,16-,18+,21+/m0/s1. The minimum Gasteiger partial charge on any atom is -0.493 e. The van der Waals surface area contributed by atoms with Crippen LogP contribution in [0.1, 0.15) is 37.1 Å². The summed E-state index contributed by atoms with van der Waals surface area (Å²) in [4.78, 5) is 16.7. The number of benzene rings is 1. The molecule has 1 amide bonds. The summed E-state index contributed by atoms with van der Waals surface area (Å²) in [5.74, 6) is -7.47. The number of halogens is 7. The van der Waals surface area contributed by atoms with Gasteiger partial charge in [0.25, 0.3) is 12.3 Å². The Hall–Kier alpha value is -2.93. The molecule has 0 radical (unpaired) electrons. The molecule has 1 fully saturated rings. The Morgan fingerprint density at radius 2 is 1.91 bits per heavy atom. The highest BCUT2D eigenvalue weighted by Gasteiger charge is 2.65. The number of anilines is 1. The van der Waals surface area contributed by atoms with Gasteiger partial charge in [0.2, 0.25) is 5.82 Å². The van der Waals surface area contributed by atoms with Crippen LogP contribution in [0.3, 0.4) is 0 Å². The first-order chi connectivity index (χ1) is 16.2. The fourth-order valence-electron chi connectivity index (χ4n) is 4.07. The van der Waals surface area contributed by atoms with Crippen LogP contribution < -0.4 is 10.1 Å². The van der Waals surface area contributed by atoms with Crippen LogP contribution in [0.25, 0.3) is 0 Å². The highest BCUT2D eigenvalue weighted by atomic mass is 19.4. The Morgan fingerprint density at radius 1 is 1.26 bits per heavy atom. The Kier molecular flexibility index (Phi) is 7.32. The van der Waals surface area contributed by atoms with E-state index in [0.29, 0.717) is 6.07 Å². The van der Waals surface area contributed by atoms with Crippen LogP contribution in [0.5, 0.6) is 5.75 Å². The molecule has 1 aromatic carbocycles. The number of nitrogens with zero attached hydrogens (tertiary/aromatic N) is 1. The van der Waals surface area contributed by atoms with E-state index in [-0.39, 0.29) is 11.3 Å². The molecule has 5 atom stereocenters. The zero-order valence-corrected chi connectivity index (χ0v) is 18.5. The van der Waals surface area contributed by atoms with Gasteiger partial charge in [-0.05, 0) is 25.1 Å². The molecule has 1 aliphatic rings. The summed E-state index contributed by atoms with van der Waals surface area (Å²) in [5, 5.41) is 11.8. The Bertz CT molecular complexity index is 1100. The highest BCUT2D eigenvalue weighted by molar-refractivity contribution is 5.95. The quantitative estimate of drug-likeness (QED) is 0.549. The molecule has 0 bridgehead atoms. The third-order valence-electron chi connectivity index (χ3n) is 6.16. The number of methoxy groups -OCH3 is 1. The third-order valence-corrected chi connectivity index (χ3v) is 6.16. The summed E-state index contributed by atoms with van der Waals surface area (Å²) < 4.78 is 106. The molecule has 35 heavy (non-hydrogen) atoms. The van der Waals surface area contributed by atoms with E-state index in [2.05, 4.69) is 10.3 Å². The lowest BCUT2D eigenvalue weighted by Gasteiger charge is -2.32. The van der Waals surface area contributed by atoms with E-state index in [9.17, 15) is 40.6 Å². The molecule has 0 saturated carbocycles. The molecule has 13 heteroatoms. The number of alkyl halides is 5. The van der Waals surface area contributed by atoms with E-state index in [1.165, 1.54) is 0 Å². The average Bonchev–Trinajstić information content (AvgIpc) is 3.07. The van der Waals surface area contributed by atoms with E-state index in [0.717, 1.165) is 45.4 Å². The van der Waals surface area contributed by atoms with Gasteiger partial charge in [-0.3, -0.25) is 9.78 Å². The normalized spacial score (nSPS) is 25.5. The van der Waals surface area contributed by atoms with Gasteiger partial charge in [-0.25, -0.2) is 13.2 Å². The van der Waals surface area contributed by atoms with Gasteiger partial charge in [-0.2, -0.15) is 17.6 Å². The minimum absolute atomic E-state index is 0.160. The summed E-state index contributed by atoms with van der Waals surface area (Å²) >= 11 is 0. The number of carbonyl (C=O) groups excluding carboxylic acids is 1. The summed E-state index contributed by atoms with van der Waals surface area (Å²) in [6.07, 6.45) is -11.2. The molecule has 3 rings (SSSR count). The van der Waals surface area contributed by atoms with Crippen LogP contribution in [0, 0.1) is 17.6 Å². The lowest BCUT2D eigenvalue weighted by molar-refractivity contribution is -0.272. The van der Waals surface area contributed by atoms with E-state index >= 15 is 0 Å². The van der Waals surface area contributed by atoms with Gasteiger partial charge in [0.15, 0.2) is 23.3 Å². The summed E-state index contributed by atoms with van der Waals surface area (Å²) in [5.41, 5.74) is -3.73. The van der Waals surface area contributed by atoms with Crippen molar-refractivity contribution in [1.29, 1.82) is 0 Å². The smallest absolute Gasteiger partial charge is 0.417 e. The number of carbonyl (C=O) groups is 1. The molecule has 1 saturated heterocycles. The first-order valence-corrected chi connectivity index (χ1v) is 10.2. The van der Waals surface area contributed by atoms with Gasteiger partial charge < -0.3 is 19.9 Å². The van der Waals surface area contributed by atoms with Gasteiger partial charge in [-0.1, -0.05) is 13.0 Å². The number of ether oxygens (including phenoxy) is 2. The number of nitrogens with one attached hydrogen (secondary N) is 1. The predicted molar refractivity (Wildman–Crippen MR) is 108 cm³/mol. The maximum Gasteiger partial charge on any atom is 0.417 e. The van der Waals surface area contributed by atoms with Crippen LogP contribution >= 0.6 is 0 Å². The summed E-state index contributed by atoms with van der Waals surface area (Å²) in [6.45, 7) is 1.88. The van der Waals surface area contributed by atoms with Crippen LogP contribution in [0.4, 0.5) is 36.4 Å². The first-order valence-electron chi connectivity index (χ1n) is 10.2. The number of hydrogen-bond donors (Lipinski definition) is 2. The molecule has 1 aromatic heterocycles. The molecule has 192 valence electrons. The second kappa shape index (κ2) is 9.61. The number of rotatable bonds is 6. The largest absolute Gasteiger partial charge is 0.493 e. The molecular weight excluding hydrogens is 489 g/mol. The zero-order valence-electron chi connectivity index (χ0n) is 18.5. The Morgan fingerprint density at radius 3 is 2.49 bits per heavy atom. The second-order valence-electron chi connectivity index (χ2n) is 8.18. The van der Waals surface area contributed by atoms with Crippen LogP contribution in [0.2, 0.25) is 0 Å². The van der Waals surface area contributed by atoms with Crippen molar-refractivity contribution in [3.05, 3.63) is 53.4 Å². The first kappa shape index (κ1) is 26.7. The molecule has 2 aromatic rings. The fraction of sp³-hybridized carbons (Fsp3) is 0.455. The van der Waals surface area contributed by atoms with Gasteiger partial charge in [0, 0.05) is 29.3 Å². The van der Waals surface area contributed by atoms with Crippen molar-refractivity contribution < 1.29 is 50.1 Å². The van der Waals surface area contributed by atoms with Crippen molar-refractivity contribution in [3.63, 3.8) is 0 Å². The van der Waals surface area contributed by atoms with Crippen molar-refractivity contribution in [1.82, 2.24) is 4.98 Å². The van der Waals surface area contributed by atoms with E-state index in [1.807, 2.05) is 0 Å². The van der Waals surface area contributed by atoms with Crippen molar-refractivity contribution in [2.24, 2.45) is 5.92 Å². The van der Waals surface area contributed by atoms with Gasteiger partial charge in [-0.15, -0.1) is 0 Å². The number of amides is 1. The number of aromatic nitrogens is 1. The van der Waals surface area contributed by atoms with Crippen LogP contribution in [-0.2, 0) is 9.53 Å². The molecular formula is C22H21F7N2O4. The van der Waals surface area contributed by atoms with Crippen molar-refractivity contribution in [2.45, 2.75) is 50.2 Å². The summed E-state index contributed by atoms with van der Waals surface area (Å²) in [6, 6.07) is 3.78. The topological polar surface area (TPSA) is 80.7 Å². The van der Waals surface area contributed by atoms with E-state index < -0.39 is 71.2 Å². The molecule has 0 aliphatic carbocycles. The van der Waals surface area contributed by atoms with Crippen molar-refractivity contribution in [2.75, 3.05) is 12.4 Å². The number of pyridine rings is 1. The molecule has 0 spiro atoms. The lowest BCUT2D eigenvalue weighted by atomic mass is 9.77. The van der Waals surface area contributed by atoms with Gasteiger partial charge >= 0.3 is 6.18 Å². The maximum atomic E-state index is 14.4. The number of hydrogen-bond acceptors (Lipinski definition) is 5. The monoisotopic (exact) mass is 510 g/mol. The molecule has 1 aliphatic heterocycles. The average molecular weight is 510 g/mol.